The zero-order valence-corrected chi connectivity index (χ0v) is 13.9. The highest BCUT2D eigenvalue weighted by Gasteiger charge is 2.23. The molecule has 0 saturated carbocycles. The van der Waals surface area contributed by atoms with Crippen LogP contribution in [0.25, 0.3) is 0 Å². The van der Waals surface area contributed by atoms with Crippen LogP contribution in [0.1, 0.15) is 28.4 Å². The van der Waals surface area contributed by atoms with Gasteiger partial charge in [-0.25, -0.2) is 13.2 Å². The van der Waals surface area contributed by atoms with E-state index in [1.165, 1.54) is 16.4 Å². The summed E-state index contributed by atoms with van der Waals surface area (Å²) in [5, 5.41) is 8.90. The van der Waals surface area contributed by atoms with Gasteiger partial charge in [0.1, 0.15) is 0 Å². The summed E-state index contributed by atoms with van der Waals surface area (Å²) in [5.74, 6) is -1.00. The first-order valence-electron chi connectivity index (χ1n) is 7.23. The van der Waals surface area contributed by atoms with Crippen molar-refractivity contribution in [3.8, 4) is 0 Å². The van der Waals surface area contributed by atoms with E-state index in [0.29, 0.717) is 6.54 Å². The lowest BCUT2D eigenvalue weighted by Gasteiger charge is -2.20. The van der Waals surface area contributed by atoms with Crippen molar-refractivity contribution < 1.29 is 18.3 Å². The van der Waals surface area contributed by atoms with Gasteiger partial charge < -0.3 is 5.11 Å². The molecule has 5 nitrogen and oxygen atoms in total. The fraction of sp³-hybridized carbons (Fsp3) is 0.235. The Morgan fingerprint density at radius 3 is 2.09 bits per heavy atom. The average Bonchev–Trinajstić information content (AvgIpc) is 2.53. The molecule has 0 radical (unpaired) electrons. The minimum absolute atomic E-state index is 0.179. The molecule has 6 heteroatoms. The predicted octanol–water partition coefficient (Wildman–Crippen LogP) is 2.90. The SMILES string of the molecule is CCN(Cc1ccc(C(=O)O)cc1)S(=O)(=O)c1ccc(C)cc1. The van der Waals surface area contributed by atoms with Crippen molar-refractivity contribution in [1.82, 2.24) is 4.31 Å². The van der Waals surface area contributed by atoms with E-state index in [1.807, 2.05) is 6.92 Å². The first-order valence-corrected chi connectivity index (χ1v) is 8.67. The van der Waals surface area contributed by atoms with Crippen LogP contribution in [0.2, 0.25) is 0 Å². The Hall–Kier alpha value is -2.18. The van der Waals surface area contributed by atoms with Crippen LogP contribution in [-0.2, 0) is 16.6 Å². The van der Waals surface area contributed by atoms with E-state index in [9.17, 15) is 13.2 Å². The first-order chi connectivity index (χ1) is 10.8. The van der Waals surface area contributed by atoms with Gasteiger partial charge in [-0.05, 0) is 36.8 Å². The molecule has 23 heavy (non-hydrogen) atoms. The molecule has 0 fully saturated rings. The van der Waals surface area contributed by atoms with E-state index in [-0.39, 0.29) is 17.0 Å². The van der Waals surface area contributed by atoms with Crippen molar-refractivity contribution in [3.63, 3.8) is 0 Å². The van der Waals surface area contributed by atoms with E-state index < -0.39 is 16.0 Å². The molecule has 0 saturated heterocycles. The summed E-state index contributed by atoms with van der Waals surface area (Å²) in [7, 11) is -3.58. The third-order valence-electron chi connectivity index (χ3n) is 3.57. The maximum absolute atomic E-state index is 12.7. The molecule has 2 aromatic rings. The summed E-state index contributed by atoms with van der Waals surface area (Å²) in [6, 6.07) is 13.0. The number of carboxylic acids is 1. The Labute approximate surface area is 136 Å². The van der Waals surface area contributed by atoms with Crippen LogP contribution in [0.5, 0.6) is 0 Å². The fourth-order valence-electron chi connectivity index (χ4n) is 2.18. The number of carboxylic acid groups (broad SMARTS) is 1. The normalized spacial score (nSPS) is 11.6. The Morgan fingerprint density at radius 1 is 1.04 bits per heavy atom. The lowest BCUT2D eigenvalue weighted by Crippen LogP contribution is -2.30. The van der Waals surface area contributed by atoms with Gasteiger partial charge in [0.05, 0.1) is 10.5 Å². The van der Waals surface area contributed by atoms with Crippen LogP contribution in [0.4, 0.5) is 0 Å². The van der Waals surface area contributed by atoms with Crippen LogP contribution >= 0.6 is 0 Å². The van der Waals surface area contributed by atoms with Crippen molar-refractivity contribution in [3.05, 3.63) is 65.2 Å². The second-order valence-corrected chi connectivity index (χ2v) is 7.18. The fourth-order valence-corrected chi connectivity index (χ4v) is 3.62. The zero-order chi connectivity index (χ0) is 17.0. The van der Waals surface area contributed by atoms with Gasteiger partial charge in [0.15, 0.2) is 0 Å². The zero-order valence-electron chi connectivity index (χ0n) is 13.1. The highest BCUT2D eigenvalue weighted by atomic mass is 32.2. The number of aromatic carboxylic acids is 1. The Bertz CT molecular complexity index is 780. The number of sulfonamides is 1. The number of carbonyl (C=O) groups is 1. The van der Waals surface area contributed by atoms with E-state index in [2.05, 4.69) is 0 Å². The quantitative estimate of drug-likeness (QED) is 0.882. The Kier molecular flexibility index (Phi) is 5.18. The molecule has 0 unspecified atom stereocenters. The lowest BCUT2D eigenvalue weighted by molar-refractivity contribution is 0.0697. The number of benzene rings is 2. The van der Waals surface area contributed by atoms with E-state index >= 15 is 0 Å². The highest BCUT2D eigenvalue weighted by molar-refractivity contribution is 7.89. The predicted molar refractivity (Wildman–Crippen MR) is 87.9 cm³/mol. The molecule has 0 aromatic heterocycles. The third kappa shape index (κ3) is 3.97. The molecule has 122 valence electrons. The second-order valence-electron chi connectivity index (χ2n) is 5.25. The summed E-state index contributed by atoms with van der Waals surface area (Å²) in [5.41, 5.74) is 1.92. The lowest BCUT2D eigenvalue weighted by atomic mass is 10.1. The van der Waals surface area contributed by atoms with Gasteiger partial charge in [-0.15, -0.1) is 0 Å². The molecule has 0 bridgehead atoms. The van der Waals surface area contributed by atoms with Crippen LogP contribution in [0.15, 0.2) is 53.4 Å². The summed E-state index contributed by atoms with van der Waals surface area (Å²) < 4.78 is 26.7. The monoisotopic (exact) mass is 333 g/mol. The smallest absolute Gasteiger partial charge is 0.335 e. The number of aryl methyl sites for hydroxylation is 1. The molecule has 0 aliphatic rings. The highest BCUT2D eigenvalue weighted by Crippen LogP contribution is 2.19. The number of nitrogens with zero attached hydrogens (tertiary/aromatic N) is 1. The Morgan fingerprint density at radius 2 is 1.61 bits per heavy atom. The van der Waals surface area contributed by atoms with Gasteiger partial charge in [-0.2, -0.15) is 4.31 Å². The molecule has 1 N–H and O–H groups in total. The van der Waals surface area contributed by atoms with Gasteiger partial charge in [0.2, 0.25) is 10.0 Å². The van der Waals surface area contributed by atoms with Gasteiger partial charge >= 0.3 is 5.97 Å². The summed E-state index contributed by atoms with van der Waals surface area (Å²) >= 11 is 0. The Balaban J connectivity index is 2.24. The number of hydrogen-bond acceptors (Lipinski definition) is 3. The van der Waals surface area contributed by atoms with Gasteiger partial charge in [-0.3, -0.25) is 0 Å². The molecule has 0 amide bonds. The van der Waals surface area contributed by atoms with Crippen LogP contribution in [0, 0.1) is 6.92 Å². The van der Waals surface area contributed by atoms with Crippen LogP contribution in [0.3, 0.4) is 0 Å². The molecule has 0 aliphatic heterocycles. The third-order valence-corrected chi connectivity index (χ3v) is 5.51. The second kappa shape index (κ2) is 6.93. The van der Waals surface area contributed by atoms with Crippen LogP contribution in [-0.4, -0.2) is 30.3 Å². The van der Waals surface area contributed by atoms with Crippen molar-refractivity contribution in [2.75, 3.05) is 6.54 Å². The van der Waals surface area contributed by atoms with E-state index in [4.69, 9.17) is 5.11 Å². The molecule has 0 spiro atoms. The number of hydrogen-bond donors (Lipinski definition) is 1. The molecule has 0 atom stereocenters. The van der Waals surface area contributed by atoms with Crippen molar-refractivity contribution in [2.24, 2.45) is 0 Å². The van der Waals surface area contributed by atoms with Gasteiger partial charge in [0, 0.05) is 13.1 Å². The van der Waals surface area contributed by atoms with Gasteiger partial charge in [0.25, 0.3) is 0 Å². The van der Waals surface area contributed by atoms with Crippen LogP contribution < -0.4 is 0 Å². The van der Waals surface area contributed by atoms with E-state index in [1.54, 1.807) is 43.3 Å². The minimum atomic E-state index is -3.58. The standard InChI is InChI=1S/C17H19NO4S/c1-3-18(12-14-6-8-15(9-7-14)17(19)20)23(21,22)16-10-4-13(2)5-11-16/h4-11H,3,12H2,1-2H3,(H,19,20). The number of rotatable bonds is 6. The minimum Gasteiger partial charge on any atom is -0.478 e. The topological polar surface area (TPSA) is 74.7 Å². The average molecular weight is 333 g/mol. The van der Waals surface area contributed by atoms with Crippen molar-refractivity contribution >= 4 is 16.0 Å². The summed E-state index contributed by atoms with van der Waals surface area (Å²) in [6.07, 6.45) is 0. The van der Waals surface area contributed by atoms with Crippen molar-refractivity contribution in [1.29, 1.82) is 0 Å². The molecule has 2 rings (SSSR count). The van der Waals surface area contributed by atoms with Gasteiger partial charge in [-0.1, -0.05) is 36.8 Å². The molecule has 2 aromatic carbocycles. The maximum atomic E-state index is 12.7. The molecule has 0 heterocycles. The van der Waals surface area contributed by atoms with E-state index in [0.717, 1.165) is 11.1 Å². The van der Waals surface area contributed by atoms with Crippen molar-refractivity contribution in [2.45, 2.75) is 25.3 Å². The first kappa shape index (κ1) is 17.2. The maximum Gasteiger partial charge on any atom is 0.335 e. The summed E-state index contributed by atoms with van der Waals surface area (Å²) in [6.45, 7) is 4.21. The molecular formula is C17H19NO4S. The molecular weight excluding hydrogens is 314 g/mol. The molecule has 0 aliphatic carbocycles. The largest absolute Gasteiger partial charge is 0.478 e. The summed E-state index contributed by atoms with van der Waals surface area (Å²) in [4.78, 5) is 11.1.